The van der Waals surface area contributed by atoms with Gasteiger partial charge in [0.15, 0.2) is 0 Å². The third-order valence-electron chi connectivity index (χ3n) is 7.25. The molecule has 3 heterocycles. The van der Waals surface area contributed by atoms with Crippen LogP contribution < -0.4 is 16.6 Å². The van der Waals surface area contributed by atoms with Crippen LogP contribution >= 0.6 is 0 Å². The zero-order valence-corrected chi connectivity index (χ0v) is 20.0. The standard InChI is InChI=1S/C27H31FN4O3/c1-2-10-30-25(33)22-23(29)19-5-3-4-18(24(19)31-26(22)34)20-13-17(6-7-21(20)28)14-32-15-27(16-32)8-11-35-12-9-27/h3-7,13H,2,8-12,14-16H2,1H3,(H,30,33)(H3,29,31,34). The van der Waals surface area contributed by atoms with Crippen LogP contribution in [0.25, 0.3) is 22.0 Å². The van der Waals surface area contributed by atoms with Crippen molar-refractivity contribution >= 4 is 22.5 Å². The molecule has 0 radical (unpaired) electrons. The summed E-state index contributed by atoms with van der Waals surface area (Å²) < 4.78 is 20.5. The number of likely N-dealkylation sites (tertiary alicyclic amines) is 1. The fourth-order valence-corrected chi connectivity index (χ4v) is 5.39. The largest absolute Gasteiger partial charge is 0.397 e. The van der Waals surface area contributed by atoms with Crippen molar-refractivity contribution in [1.29, 1.82) is 0 Å². The van der Waals surface area contributed by atoms with Crippen LogP contribution in [0.2, 0.25) is 0 Å². The Morgan fingerprint density at radius 3 is 2.71 bits per heavy atom. The summed E-state index contributed by atoms with van der Waals surface area (Å²) in [7, 11) is 0. The predicted octanol–water partition coefficient (Wildman–Crippen LogP) is 3.67. The molecule has 8 heteroatoms. The highest BCUT2D eigenvalue weighted by Gasteiger charge is 2.43. The van der Waals surface area contributed by atoms with Crippen molar-refractivity contribution in [3.05, 3.63) is 63.7 Å². The number of halogens is 1. The van der Waals surface area contributed by atoms with Gasteiger partial charge in [-0.25, -0.2) is 4.39 Å². The van der Waals surface area contributed by atoms with Gasteiger partial charge in [0.2, 0.25) is 0 Å². The molecule has 35 heavy (non-hydrogen) atoms. The van der Waals surface area contributed by atoms with Gasteiger partial charge in [0.25, 0.3) is 11.5 Å². The Bertz CT molecular complexity index is 1320. The summed E-state index contributed by atoms with van der Waals surface area (Å²) in [5.41, 5.74) is 8.40. The zero-order valence-electron chi connectivity index (χ0n) is 20.0. The van der Waals surface area contributed by atoms with Crippen LogP contribution in [0.3, 0.4) is 0 Å². The Hall–Kier alpha value is -3.23. The highest BCUT2D eigenvalue weighted by molar-refractivity contribution is 6.08. The number of fused-ring (bicyclic) bond motifs is 1. The fraction of sp³-hybridized carbons (Fsp3) is 0.407. The highest BCUT2D eigenvalue weighted by Crippen LogP contribution is 2.41. The number of nitrogens with two attached hydrogens (primary N) is 1. The number of anilines is 1. The van der Waals surface area contributed by atoms with Crippen molar-refractivity contribution in [3.63, 3.8) is 0 Å². The number of aromatic amines is 1. The van der Waals surface area contributed by atoms with Crippen molar-refractivity contribution < 1.29 is 13.9 Å². The lowest BCUT2D eigenvalue weighted by Gasteiger charge is -2.52. The molecule has 0 aliphatic carbocycles. The van der Waals surface area contributed by atoms with Crippen LogP contribution in [0, 0.1) is 11.2 Å². The molecule has 2 fully saturated rings. The second-order valence-electron chi connectivity index (χ2n) is 9.80. The van der Waals surface area contributed by atoms with E-state index < -0.39 is 11.5 Å². The monoisotopic (exact) mass is 478 g/mol. The van der Waals surface area contributed by atoms with E-state index in [-0.39, 0.29) is 17.1 Å². The maximum absolute atomic E-state index is 15.0. The number of nitrogens with zero attached hydrogens (tertiary/aromatic N) is 1. The SMILES string of the molecule is CCCNC(=O)c1c(N)c2cccc(-c3cc(CN4CC5(CCOCC5)C4)ccc3F)c2[nH]c1=O. The molecule has 2 aromatic carbocycles. The topological polar surface area (TPSA) is 100 Å². The first-order chi connectivity index (χ1) is 16.9. The average molecular weight is 479 g/mol. The quantitative estimate of drug-likeness (QED) is 0.502. The third kappa shape index (κ3) is 4.44. The van der Waals surface area contributed by atoms with E-state index in [4.69, 9.17) is 10.5 Å². The van der Waals surface area contributed by atoms with Crippen molar-refractivity contribution in [2.75, 3.05) is 38.6 Å². The molecule has 0 saturated carbocycles. The first-order valence-electron chi connectivity index (χ1n) is 12.2. The number of nitrogen functional groups attached to an aromatic ring is 1. The summed E-state index contributed by atoms with van der Waals surface area (Å²) in [5.74, 6) is -0.891. The molecular weight excluding hydrogens is 447 g/mol. The molecule has 2 saturated heterocycles. The molecule has 2 aliphatic rings. The Balaban J connectivity index is 1.46. The Morgan fingerprint density at radius 1 is 1.20 bits per heavy atom. The van der Waals surface area contributed by atoms with Gasteiger partial charge < -0.3 is 20.8 Å². The minimum absolute atomic E-state index is 0.0955. The maximum Gasteiger partial charge on any atom is 0.263 e. The van der Waals surface area contributed by atoms with Crippen LogP contribution in [0.4, 0.5) is 10.1 Å². The van der Waals surface area contributed by atoms with Crippen molar-refractivity contribution in [2.45, 2.75) is 32.7 Å². The number of hydrogen-bond donors (Lipinski definition) is 3. The second-order valence-corrected chi connectivity index (χ2v) is 9.80. The number of aromatic nitrogens is 1. The number of para-hydroxylation sites is 1. The molecule has 2 aliphatic heterocycles. The predicted molar refractivity (Wildman–Crippen MR) is 135 cm³/mol. The normalized spacial score (nSPS) is 17.4. The van der Waals surface area contributed by atoms with Crippen molar-refractivity contribution in [2.24, 2.45) is 5.41 Å². The van der Waals surface area contributed by atoms with E-state index >= 15 is 4.39 Å². The molecule has 3 aromatic rings. The molecule has 184 valence electrons. The van der Waals surface area contributed by atoms with Gasteiger partial charge in [-0.15, -0.1) is 0 Å². The van der Waals surface area contributed by atoms with Crippen LogP contribution in [-0.2, 0) is 11.3 Å². The van der Waals surface area contributed by atoms with Gasteiger partial charge >= 0.3 is 0 Å². The molecular formula is C27H31FN4O3. The molecule has 7 nitrogen and oxygen atoms in total. The highest BCUT2D eigenvalue weighted by atomic mass is 19.1. The third-order valence-corrected chi connectivity index (χ3v) is 7.25. The number of carbonyl (C=O) groups is 1. The van der Waals surface area contributed by atoms with Crippen molar-refractivity contribution in [1.82, 2.24) is 15.2 Å². The molecule has 5 rings (SSSR count). The molecule has 0 unspecified atom stereocenters. The number of rotatable bonds is 6. The van der Waals surface area contributed by atoms with E-state index in [1.54, 1.807) is 18.2 Å². The van der Waals surface area contributed by atoms with E-state index in [0.717, 1.165) is 57.7 Å². The number of ether oxygens (including phenoxy) is 1. The van der Waals surface area contributed by atoms with Crippen LogP contribution in [0.5, 0.6) is 0 Å². The summed E-state index contributed by atoms with van der Waals surface area (Å²) in [6, 6.07) is 10.4. The lowest BCUT2D eigenvalue weighted by Crippen LogP contribution is -2.57. The van der Waals surface area contributed by atoms with Gasteiger partial charge in [-0.1, -0.05) is 31.2 Å². The summed E-state index contributed by atoms with van der Waals surface area (Å²) in [4.78, 5) is 30.5. The Labute approximate surface area is 203 Å². The minimum atomic E-state index is -0.588. The van der Waals surface area contributed by atoms with Crippen LogP contribution in [-0.4, -0.2) is 48.6 Å². The first kappa shape index (κ1) is 23.5. The van der Waals surface area contributed by atoms with Crippen molar-refractivity contribution in [3.8, 4) is 11.1 Å². The van der Waals surface area contributed by atoms with E-state index in [1.807, 2.05) is 19.1 Å². The van der Waals surface area contributed by atoms with Gasteiger partial charge in [0, 0.05) is 61.3 Å². The van der Waals surface area contributed by atoms with Gasteiger partial charge in [-0.2, -0.15) is 0 Å². The van der Waals surface area contributed by atoms with Gasteiger partial charge in [0.05, 0.1) is 11.2 Å². The molecule has 1 amide bonds. The molecule has 0 bridgehead atoms. The first-order valence-corrected chi connectivity index (χ1v) is 12.2. The van der Waals surface area contributed by atoms with Gasteiger partial charge in [-0.3, -0.25) is 14.5 Å². The maximum atomic E-state index is 15.0. The minimum Gasteiger partial charge on any atom is -0.397 e. The lowest BCUT2D eigenvalue weighted by molar-refractivity contribution is -0.0839. The number of hydrogen-bond acceptors (Lipinski definition) is 5. The lowest BCUT2D eigenvalue weighted by atomic mass is 9.73. The average Bonchev–Trinajstić information content (AvgIpc) is 2.83. The second kappa shape index (κ2) is 9.43. The number of H-pyrrole nitrogens is 1. The fourth-order valence-electron chi connectivity index (χ4n) is 5.39. The smallest absolute Gasteiger partial charge is 0.263 e. The Morgan fingerprint density at radius 2 is 1.97 bits per heavy atom. The van der Waals surface area contributed by atoms with E-state index in [0.29, 0.717) is 34.0 Å². The van der Waals surface area contributed by atoms with E-state index in [2.05, 4.69) is 15.2 Å². The molecule has 1 spiro atoms. The van der Waals surface area contributed by atoms with E-state index in [9.17, 15) is 9.59 Å². The summed E-state index contributed by atoms with van der Waals surface area (Å²) in [6.45, 7) is 6.83. The number of pyridine rings is 1. The molecule has 0 atom stereocenters. The van der Waals surface area contributed by atoms with E-state index in [1.165, 1.54) is 6.07 Å². The number of nitrogens with one attached hydrogen (secondary N) is 2. The molecule has 4 N–H and O–H groups in total. The molecule has 1 aromatic heterocycles. The van der Waals surface area contributed by atoms with Crippen LogP contribution in [0.1, 0.15) is 42.1 Å². The summed E-state index contributed by atoms with van der Waals surface area (Å²) >= 11 is 0. The Kier molecular flexibility index (Phi) is 6.34. The number of benzene rings is 2. The van der Waals surface area contributed by atoms with Gasteiger partial charge in [-0.05, 0) is 37.0 Å². The summed E-state index contributed by atoms with van der Waals surface area (Å²) in [5, 5.41) is 3.21. The summed E-state index contributed by atoms with van der Waals surface area (Å²) in [6.07, 6.45) is 2.94. The number of amides is 1. The van der Waals surface area contributed by atoms with Crippen LogP contribution in [0.15, 0.2) is 41.2 Å². The zero-order chi connectivity index (χ0) is 24.6. The number of carbonyl (C=O) groups excluding carboxylic acids is 1. The van der Waals surface area contributed by atoms with Gasteiger partial charge in [0.1, 0.15) is 11.4 Å².